The molecule has 6 nitrogen and oxygen atoms in total. The summed E-state index contributed by atoms with van der Waals surface area (Å²) in [6.07, 6.45) is 1.40. The Bertz CT molecular complexity index is 541. The molecule has 20 heavy (non-hydrogen) atoms. The number of nitro groups is 1. The Morgan fingerprint density at radius 3 is 2.80 bits per heavy atom. The van der Waals surface area contributed by atoms with E-state index in [0.717, 1.165) is 25.1 Å². The lowest BCUT2D eigenvalue weighted by Crippen LogP contribution is -2.47. The van der Waals surface area contributed by atoms with Crippen molar-refractivity contribution in [3.8, 4) is 0 Å². The van der Waals surface area contributed by atoms with Crippen LogP contribution in [0.2, 0.25) is 0 Å². The van der Waals surface area contributed by atoms with Gasteiger partial charge in [-0.05, 0) is 37.4 Å². The molecule has 0 aromatic heterocycles. The van der Waals surface area contributed by atoms with Crippen LogP contribution in [0.3, 0.4) is 0 Å². The molecule has 0 spiro atoms. The van der Waals surface area contributed by atoms with Gasteiger partial charge in [-0.1, -0.05) is 6.07 Å². The van der Waals surface area contributed by atoms with Gasteiger partial charge < -0.3 is 10.4 Å². The first-order valence-corrected chi connectivity index (χ1v) is 6.31. The summed E-state index contributed by atoms with van der Waals surface area (Å²) in [4.78, 5) is 21.3. The highest BCUT2D eigenvalue weighted by Crippen LogP contribution is 2.32. The minimum Gasteiger partial charge on any atom is -0.481 e. The van der Waals surface area contributed by atoms with Crippen LogP contribution in [-0.4, -0.2) is 29.1 Å². The van der Waals surface area contributed by atoms with Crippen molar-refractivity contribution < 1.29 is 19.2 Å². The van der Waals surface area contributed by atoms with Gasteiger partial charge in [0.1, 0.15) is 0 Å². The molecule has 2 rings (SSSR count). The summed E-state index contributed by atoms with van der Waals surface area (Å²) in [5.74, 6) is -1.86. The maximum absolute atomic E-state index is 13.6. The molecule has 1 aliphatic rings. The number of hydrogen-bond donors (Lipinski definition) is 2. The molecule has 7 heteroatoms. The molecule has 108 valence electrons. The van der Waals surface area contributed by atoms with Crippen LogP contribution in [-0.2, 0) is 11.2 Å². The highest BCUT2D eigenvalue weighted by atomic mass is 19.1. The summed E-state index contributed by atoms with van der Waals surface area (Å²) in [5, 5.41) is 23.0. The maximum Gasteiger partial charge on any atom is 0.311 e. The van der Waals surface area contributed by atoms with E-state index in [1.807, 2.05) is 0 Å². The predicted molar refractivity (Wildman–Crippen MR) is 68.9 cm³/mol. The molecular weight excluding hydrogens is 267 g/mol. The first-order chi connectivity index (χ1) is 9.44. The van der Waals surface area contributed by atoms with Crippen LogP contribution in [0.25, 0.3) is 0 Å². The number of rotatable bonds is 4. The van der Waals surface area contributed by atoms with E-state index in [4.69, 9.17) is 0 Å². The third-order valence-electron chi connectivity index (χ3n) is 3.68. The highest BCUT2D eigenvalue weighted by molar-refractivity contribution is 5.75. The first-order valence-electron chi connectivity index (χ1n) is 6.31. The molecule has 0 saturated carbocycles. The van der Waals surface area contributed by atoms with Crippen molar-refractivity contribution in [1.29, 1.82) is 0 Å². The standard InChI is InChI=1S/C13H15FN2O4/c14-10-6-9(2-3-11(10)16(19)20)7-13(12(17)18)4-1-5-15-8-13/h2-3,6,15H,1,4-5,7-8H2,(H,17,18). The van der Waals surface area contributed by atoms with Gasteiger partial charge >= 0.3 is 11.7 Å². The second kappa shape index (κ2) is 5.54. The van der Waals surface area contributed by atoms with Gasteiger partial charge in [0.15, 0.2) is 0 Å². The average Bonchev–Trinajstić information content (AvgIpc) is 2.39. The molecule has 0 amide bonds. The molecule has 1 aromatic carbocycles. The van der Waals surface area contributed by atoms with Crippen LogP contribution >= 0.6 is 0 Å². The monoisotopic (exact) mass is 282 g/mol. The number of benzene rings is 1. The van der Waals surface area contributed by atoms with Crippen LogP contribution in [0.5, 0.6) is 0 Å². The molecule has 0 radical (unpaired) electrons. The number of carbonyl (C=O) groups is 1. The van der Waals surface area contributed by atoms with Crippen molar-refractivity contribution in [2.45, 2.75) is 19.3 Å². The van der Waals surface area contributed by atoms with Gasteiger partial charge in [-0.3, -0.25) is 14.9 Å². The van der Waals surface area contributed by atoms with Crippen LogP contribution < -0.4 is 5.32 Å². The van der Waals surface area contributed by atoms with E-state index in [9.17, 15) is 24.4 Å². The van der Waals surface area contributed by atoms with E-state index in [2.05, 4.69) is 5.32 Å². The molecule has 0 bridgehead atoms. The summed E-state index contributed by atoms with van der Waals surface area (Å²) < 4.78 is 13.6. The Hall–Kier alpha value is -2.02. The fourth-order valence-electron chi connectivity index (χ4n) is 2.58. The van der Waals surface area contributed by atoms with E-state index in [0.29, 0.717) is 18.5 Å². The molecule has 0 aliphatic carbocycles. The third kappa shape index (κ3) is 2.77. The molecular formula is C13H15FN2O4. The molecule has 1 fully saturated rings. The van der Waals surface area contributed by atoms with Gasteiger partial charge in [0, 0.05) is 12.6 Å². The summed E-state index contributed by atoms with van der Waals surface area (Å²) >= 11 is 0. The molecule has 1 aromatic rings. The molecule has 1 saturated heterocycles. The molecule has 2 N–H and O–H groups in total. The van der Waals surface area contributed by atoms with E-state index in [1.165, 1.54) is 6.07 Å². The van der Waals surface area contributed by atoms with Crippen molar-refractivity contribution in [3.63, 3.8) is 0 Å². The number of nitrogens with zero attached hydrogens (tertiary/aromatic N) is 1. The topological polar surface area (TPSA) is 92.5 Å². The van der Waals surface area contributed by atoms with Gasteiger partial charge in [0.2, 0.25) is 5.82 Å². The number of carboxylic acid groups (broad SMARTS) is 1. The molecule has 1 aliphatic heterocycles. The van der Waals surface area contributed by atoms with E-state index >= 15 is 0 Å². The Morgan fingerprint density at radius 1 is 1.55 bits per heavy atom. The largest absolute Gasteiger partial charge is 0.481 e. The number of nitrogens with one attached hydrogen (secondary N) is 1. The Morgan fingerprint density at radius 2 is 2.30 bits per heavy atom. The fraction of sp³-hybridized carbons (Fsp3) is 0.462. The van der Waals surface area contributed by atoms with Gasteiger partial charge in [-0.25, -0.2) is 0 Å². The zero-order valence-corrected chi connectivity index (χ0v) is 10.8. The van der Waals surface area contributed by atoms with E-state index in [-0.39, 0.29) is 6.42 Å². The predicted octanol–water partition coefficient (Wildman–Crippen LogP) is 1.73. The second-order valence-electron chi connectivity index (χ2n) is 5.09. The second-order valence-corrected chi connectivity index (χ2v) is 5.09. The quantitative estimate of drug-likeness (QED) is 0.648. The van der Waals surface area contributed by atoms with Crippen molar-refractivity contribution in [2.75, 3.05) is 13.1 Å². The summed E-state index contributed by atoms with van der Waals surface area (Å²) in [7, 11) is 0. The van der Waals surface area contributed by atoms with Crippen molar-refractivity contribution in [2.24, 2.45) is 5.41 Å². The fourth-order valence-corrected chi connectivity index (χ4v) is 2.58. The van der Waals surface area contributed by atoms with Crippen LogP contribution in [0.15, 0.2) is 18.2 Å². The number of nitro benzene ring substituents is 1. The number of halogens is 1. The number of hydrogen-bond acceptors (Lipinski definition) is 4. The average molecular weight is 282 g/mol. The zero-order valence-electron chi connectivity index (χ0n) is 10.8. The van der Waals surface area contributed by atoms with Gasteiger partial charge in [-0.15, -0.1) is 0 Å². The normalized spacial score (nSPS) is 22.4. The lowest BCUT2D eigenvalue weighted by molar-refractivity contribution is -0.387. The van der Waals surface area contributed by atoms with E-state index in [1.54, 1.807) is 0 Å². The molecule has 1 atom stereocenters. The van der Waals surface area contributed by atoms with Crippen LogP contribution in [0, 0.1) is 21.3 Å². The molecule has 1 unspecified atom stereocenters. The minimum atomic E-state index is -0.971. The van der Waals surface area contributed by atoms with Crippen LogP contribution in [0.4, 0.5) is 10.1 Å². The smallest absolute Gasteiger partial charge is 0.311 e. The van der Waals surface area contributed by atoms with Crippen molar-refractivity contribution >= 4 is 11.7 Å². The Kier molecular flexibility index (Phi) is 3.99. The zero-order chi connectivity index (χ0) is 14.8. The summed E-state index contributed by atoms with van der Waals surface area (Å²) in [6, 6.07) is 3.55. The van der Waals surface area contributed by atoms with Crippen molar-refractivity contribution in [3.05, 3.63) is 39.7 Å². The SMILES string of the molecule is O=C(O)C1(Cc2ccc([N+](=O)[O-])c(F)c2)CCCNC1. The highest BCUT2D eigenvalue weighted by Gasteiger charge is 2.40. The van der Waals surface area contributed by atoms with Crippen LogP contribution in [0.1, 0.15) is 18.4 Å². The Balaban J connectivity index is 2.25. The first kappa shape index (κ1) is 14.4. The maximum atomic E-state index is 13.6. The lowest BCUT2D eigenvalue weighted by Gasteiger charge is -2.33. The van der Waals surface area contributed by atoms with Gasteiger partial charge in [0.25, 0.3) is 0 Å². The minimum absolute atomic E-state index is 0.157. The number of aliphatic carboxylic acids is 1. The number of piperidine rings is 1. The summed E-state index contributed by atoms with van der Waals surface area (Å²) in [6.45, 7) is 1.09. The van der Waals surface area contributed by atoms with E-state index < -0.39 is 27.8 Å². The van der Waals surface area contributed by atoms with Gasteiger partial charge in [0.05, 0.1) is 10.3 Å². The van der Waals surface area contributed by atoms with Crippen molar-refractivity contribution in [1.82, 2.24) is 5.32 Å². The third-order valence-corrected chi connectivity index (χ3v) is 3.68. The van der Waals surface area contributed by atoms with Gasteiger partial charge in [-0.2, -0.15) is 4.39 Å². The lowest BCUT2D eigenvalue weighted by atomic mass is 9.76. The summed E-state index contributed by atoms with van der Waals surface area (Å²) in [5.41, 5.74) is -1.11. The number of carboxylic acids is 1. The molecule has 1 heterocycles. The Labute approximate surface area is 114 Å².